The lowest BCUT2D eigenvalue weighted by Gasteiger charge is -2.35. The zero-order chi connectivity index (χ0) is 25.8. The number of aromatic amines is 1. The number of carbonyl (C=O) groups excluding carboxylic acids is 1. The van der Waals surface area contributed by atoms with Crippen LogP contribution in [0.15, 0.2) is 91.0 Å². The molecule has 184 valence electrons. The topological polar surface area (TPSA) is 116 Å². The summed E-state index contributed by atoms with van der Waals surface area (Å²) >= 11 is 0. The molecule has 0 spiro atoms. The molecule has 6 rings (SSSR count). The first-order valence-corrected chi connectivity index (χ1v) is 11.7. The van der Waals surface area contributed by atoms with E-state index in [1.54, 1.807) is 10.9 Å². The number of para-hydroxylation sites is 1. The number of H-pyrrole nitrogens is 1. The molecule has 8 heteroatoms. The average molecular weight is 493 g/mol. The van der Waals surface area contributed by atoms with Crippen LogP contribution in [0.2, 0.25) is 0 Å². The van der Waals surface area contributed by atoms with Gasteiger partial charge in [0.25, 0.3) is 0 Å². The largest absolute Gasteiger partial charge is 0.382 e. The minimum Gasteiger partial charge on any atom is -0.382 e. The van der Waals surface area contributed by atoms with E-state index in [2.05, 4.69) is 33.5 Å². The lowest BCUT2D eigenvalue weighted by atomic mass is 9.68. The summed E-state index contributed by atoms with van der Waals surface area (Å²) < 4.78 is 15.2. The molecule has 0 amide bonds. The lowest BCUT2D eigenvalue weighted by Crippen LogP contribution is -2.31. The molecule has 0 fully saturated rings. The highest BCUT2D eigenvalue weighted by molar-refractivity contribution is 5.88. The number of aldehydes is 1. The third kappa shape index (κ3) is 4.52. The van der Waals surface area contributed by atoms with Gasteiger partial charge in [-0.05, 0) is 41.5 Å². The number of benzene rings is 3. The third-order valence-electron chi connectivity index (χ3n) is 6.51. The fraction of sp³-hybridized carbons (Fsp3) is 0.0690. The van der Waals surface area contributed by atoms with Gasteiger partial charge >= 0.3 is 0 Å². The molecule has 2 heterocycles. The van der Waals surface area contributed by atoms with Gasteiger partial charge in [-0.3, -0.25) is 9.89 Å². The predicted molar refractivity (Wildman–Crippen MR) is 145 cm³/mol. The van der Waals surface area contributed by atoms with Crippen LogP contribution in [0.25, 0.3) is 23.2 Å². The van der Waals surface area contributed by atoms with Crippen molar-refractivity contribution in [3.05, 3.63) is 119 Å². The molecule has 37 heavy (non-hydrogen) atoms. The molecule has 7 nitrogen and oxygen atoms in total. The number of carbonyl (C=O) groups is 1. The van der Waals surface area contributed by atoms with E-state index < -0.39 is 5.41 Å². The summed E-state index contributed by atoms with van der Waals surface area (Å²) in [4.78, 5) is 10.7. The van der Waals surface area contributed by atoms with Crippen LogP contribution in [0.4, 0.5) is 16.0 Å². The molecule has 3 aromatic carbocycles. The minimum absolute atomic E-state index is 0.273. The van der Waals surface area contributed by atoms with Gasteiger partial charge in [-0.2, -0.15) is 10.2 Å². The number of fused-ring (bicyclic) bond motifs is 2. The number of hydrogen-bond donors (Lipinski definition) is 3. The quantitative estimate of drug-likeness (QED) is 0.242. The first kappa shape index (κ1) is 23.7. The predicted octanol–water partition coefficient (Wildman–Crippen LogP) is 4.97. The molecule has 1 aliphatic rings. The van der Waals surface area contributed by atoms with Crippen molar-refractivity contribution in [1.82, 2.24) is 20.0 Å². The van der Waals surface area contributed by atoms with Gasteiger partial charge in [0, 0.05) is 29.0 Å². The molecule has 2 aromatic heterocycles. The minimum atomic E-state index is -0.485. The number of nitrogens with zero attached hydrogens (tertiary/aromatic N) is 3. The van der Waals surface area contributed by atoms with E-state index in [1.807, 2.05) is 60.7 Å². The molecule has 0 radical (unpaired) electrons. The first-order chi connectivity index (χ1) is 18.0. The summed E-state index contributed by atoms with van der Waals surface area (Å²) in [5.74, 6) is 0.707. The maximum Gasteiger partial charge on any atom is 0.153 e. The molecule has 0 saturated carbocycles. The van der Waals surface area contributed by atoms with Crippen molar-refractivity contribution in [3.8, 4) is 0 Å². The Labute approximate surface area is 212 Å². The van der Waals surface area contributed by atoms with Gasteiger partial charge in [-0.25, -0.2) is 9.07 Å². The molecular formula is C29H25FN6O. The first-order valence-electron chi connectivity index (χ1n) is 11.7. The SMILES string of the molecule is Nc1n[nH]c2ccccc12.Nc1nn(C=CC=O)c2c1C=CC(c1ccccc1)(c1ccc(F)cc1)C2. The Morgan fingerprint density at radius 2 is 1.62 bits per heavy atom. The van der Waals surface area contributed by atoms with Crippen molar-refractivity contribution in [2.45, 2.75) is 11.8 Å². The Hall–Kier alpha value is -4.98. The number of aromatic nitrogens is 4. The number of rotatable bonds is 4. The summed E-state index contributed by atoms with van der Waals surface area (Å²) in [5, 5.41) is 12.0. The van der Waals surface area contributed by atoms with Crippen molar-refractivity contribution in [1.29, 1.82) is 0 Å². The average Bonchev–Trinajstić information content (AvgIpc) is 3.47. The van der Waals surface area contributed by atoms with Crippen LogP contribution in [0.1, 0.15) is 22.4 Å². The van der Waals surface area contributed by atoms with Crippen molar-refractivity contribution in [3.63, 3.8) is 0 Å². The fourth-order valence-corrected chi connectivity index (χ4v) is 4.68. The highest BCUT2D eigenvalue weighted by atomic mass is 19.1. The second-order valence-corrected chi connectivity index (χ2v) is 8.68. The Balaban J connectivity index is 0.000000233. The monoisotopic (exact) mass is 492 g/mol. The maximum atomic E-state index is 13.5. The van der Waals surface area contributed by atoms with E-state index in [-0.39, 0.29) is 5.82 Å². The molecule has 0 aliphatic heterocycles. The van der Waals surface area contributed by atoms with Crippen LogP contribution in [-0.4, -0.2) is 26.3 Å². The van der Waals surface area contributed by atoms with E-state index in [1.165, 1.54) is 18.2 Å². The van der Waals surface area contributed by atoms with E-state index in [4.69, 9.17) is 11.5 Å². The summed E-state index contributed by atoms with van der Waals surface area (Å²) in [7, 11) is 0. The molecule has 0 bridgehead atoms. The van der Waals surface area contributed by atoms with E-state index in [0.29, 0.717) is 24.3 Å². The highest BCUT2D eigenvalue weighted by Gasteiger charge is 2.37. The van der Waals surface area contributed by atoms with E-state index in [0.717, 1.165) is 33.3 Å². The smallest absolute Gasteiger partial charge is 0.153 e. The fourth-order valence-electron chi connectivity index (χ4n) is 4.68. The van der Waals surface area contributed by atoms with Gasteiger partial charge in [0.15, 0.2) is 11.6 Å². The Morgan fingerprint density at radius 1 is 0.919 bits per heavy atom. The Morgan fingerprint density at radius 3 is 2.35 bits per heavy atom. The van der Waals surface area contributed by atoms with Crippen molar-refractivity contribution >= 4 is 41.1 Å². The van der Waals surface area contributed by atoms with Crippen LogP contribution in [-0.2, 0) is 16.6 Å². The van der Waals surface area contributed by atoms with Crippen LogP contribution in [0.5, 0.6) is 0 Å². The van der Waals surface area contributed by atoms with Crippen molar-refractivity contribution in [2.75, 3.05) is 11.5 Å². The number of nitrogens with two attached hydrogens (primary N) is 2. The molecule has 5 aromatic rings. The van der Waals surface area contributed by atoms with E-state index >= 15 is 0 Å². The van der Waals surface area contributed by atoms with E-state index in [9.17, 15) is 9.18 Å². The van der Waals surface area contributed by atoms with Gasteiger partial charge in [0.2, 0.25) is 0 Å². The van der Waals surface area contributed by atoms with Gasteiger partial charge in [0.05, 0.1) is 11.2 Å². The normalized spacial score (nSPS) is 16.4. The molecule has 5 N–H and O–H groups in total. The summed E-state index contributed by atoms with van der Waals surface area (Å²) in [6.07, 6.45) is 8.33. The van der Waals surface area contributed by atoms with Crippen molar-refractivity contribution in [2.24, 2.45) is 0 Å². The molecule has 1 aliphatic carbocycles. The third-order valence-corrected chi connectivity index (χ3v) is 6.51. The lowest BCUT2D eigenvalue weighted by molar-refractivity contribution is -0.104. The molecule has 0 saturated heterocycles. The Bertz CT molecular complexity index is 1600. The Kier molecular flexibility index (Phi) is 6.38. The van der Waals surface area contributed by atoms with Gasteiger partial charge in [-0.15, -0.1) is 0 Å². The maximum absolute atomic E-state index is 13.5. The highest BCUT2D eigenvalue weighted by Crippen LogP contribution is 2.42. The van der Waals surface area contributed by atoms with Crippen LogP contribution < -0.4 is 11.5 Å². The zero-order valence-electron chi connectivity index (χ0n) is 19.9. The van der Waals surface area contributed by atoms with Gasteiger partial charge in [0.1, 0.15) is 12.1 Å². The van der Waals surface area contributed by atoms with Gasteiger partial charge in [-0.1, -0.05) is 66.7 Å². The molecular weight excluding hydrogens is 467 g/mol. The second-order valence-electron chi connectivity index (χ2n) is 8.68. The second kappa shape index (κ2) is 9.94. The van der Waals surface area contributed by atoms with Crippen LogP contribution >= 0.6 is 0 Å². The number of nitrogen functional groups attached to an aromatic ring is 2. The number of allylic oxidation sites excluding steroid dienone is 2. The van der Waals surface area contributed by atoms with Crippen molar-refractivity contribution < 1.29 is 9.18 Å². The van der Waals surface area contributed by atoms with Gasteiger partial charge < -0.3 is 11.5 Å². The van der Waals surface area contributed by atoms with Crippen LogP contribution in [0.3, 0.4) is 0 Å². The standard InChI is InChI=1S/C22H18FN3O.C7H7N3/c23-18-9-7-17(8-10-18)22(16-5-2-1-3-6-16)12-11-19-20(15-22)26(13-4-14-27)25-21(19)24;8-7-5-3-1-2-4-6(5)9-10-7/h1-14H,15H2,(H2,24,25);1-4H,(H3,8,9,10). The number of halogens is 1. The zero-order valence-corrected chi connectivity index (χ0v) is 19.9. The number of hydrogen-bond acceptors (Lipinski definition) is 5. The summed E-state index contributed by atoms with van der Waals surface area (Å²) in [5.41, 5.74) is 15.9. The molecule has 1 unspecified atom stereocenters. The summed E-state index contributed by atoms with van der Waals surface area (Å²) in [6, 6.07) is 24.4. The molecule has 1 atom stereocenters. The van der Waals surface area contributed by atoms with Crippen LogP contribution in [0, 0.1) is 5.82 Å². The number of anilines is 2. The summed E-state index contributed by atoms with van der Waals surface area (Å²) in [6.45, 7) is 0. The number of nitrogens with one attached hydrogen (secondary N) is 1.